The fourth-order valence-electron chi connectivity index (χ4n) is 2.42. The zero-order chi connectivity index (χ0) is 12.8. The zero-order valence-corrected chi connectivity index (χ0v) is 12.0. The van der Waals surface area contributed by atoms with Crippen LogP contribution in [0.15, 0.2) is 24.3 Å². The van der Waals surface area contributed by atoms with Crippen molar-refractivity contribution >= 4 is 11.6 Å². The summed E-state index contributed by atoms with van der Waals surface area (Å²) in [5.41, 5.74) is 1.35. The molecule has 2 heteroatoms. The van der Waals surface area contributed by atoms with Gasteiger partial charge in [0, 0.05) is 11.1 Å². The molecule has 1 nitrogen and oxygen atoms in total. The standard InChI is InChI=1S/C16H24ClN/c1-2-10-18-16(9-8-13-6-7-13)12-14-4-3-5-15(17)11-14/h3-5,11,13,16,18H,2,6-10,12H2,1H3. The lowest BCUT2D eigenvalue weighted by molar-refractivity contribution is 0.452. The molecule has 1 N–H and O–H groups in total. The fourth-order valence-corrected chi connectivity index (χ4v) is 2.63. The smallest absolute Gasteiger partial charge is 0.0408 e. The minimum atomic E-state index is 0.615. The van der Waals surface area contributed by atoms with Gasteiger partial charge in [-0.15, -0.1) is 0 Å². The fraction of sp³-hybridized carbons (Fsp3) is 0.625. The highest BCUT2D eigenvalue weighted by atomic mass is 35.5. The van der Waals surface area contributed by atoms with Crippen LogP contribution >= 0.6 is 11.6 Å². The van der Waals surface area contributed by atoms with E-state index < -0.39 is 0 Å². The van der Waals surface area contributed by atoms with Crippen molar-refractivity contribution in [2.45, 2.75) is 51.5 Å². The second-order valence-corrected chi connectivity index (χ2v) is 5.94. The Morgan fingerprint density at radius 1 is 1.39 bits per heavy atom. The predicted octanol–water partition coefficient (Wildman–Crippen LogP) is 4.44. The third kappa shape index (κ3) is 4.99. The Labute approximate surface area is 116 Å². The van der Waals surface area contributed by atoms with Gasteiger partial charge >= 0.3 is 0 Å². The average molecular weight is 266 g/mol. The van der Waals surface area contributed by atoms with Crippen molar-refractivity contribution in [2.24, 2.45) is 5.92 Å². The zero-order valence-electron chi connectivity index (χ0n) is 11.3. The molecule has 1 aliphatic rings. The van der Waals surface area contributed by atoms with E-state index in [1.165, 1.54) is 37.7 Å². The molecule has 1 saturated carbocycles. The highest BCUT2D eigenvalue weighted by Crippen LogP contribution is 2.34. The van der Waals surface area contributed by atoms with Crippen molar-refractivity contribution in [3.63, 3.8) is 0 Å². The molecule has 0 bridgehead atoms. The van der Waals surface area contributed by atoms with Crippen LogP contribution < -0.4 is 5.32 Å². The first-order valence-electron chi connectivity index (χ1n) is 7.25. The first-order valence-corrected chi connectivity index (χ1v) is 7.63. The van der Waals surface area contributed by atoms with Crippen molar-refractivity contribution in [1.82, 2.24) is 5.32 Å². The average Bonchev–Trinajstić information content (AvgIpc) is 3.17. The molecule has 0 saturated heterocycles. The van der Waals surface area contributed by atoms with E-state index in [0.717, 1.165) is 23.9 Å². The van der Waals surface area contributed by atoms with E-state index in [2.05, 4.69) is 30.4 Å². The summed E-state index contributed by atoms with van der Waals surface area (Å²) in [5, 5.41) is 4.53. The first-order chi connectivity index (χ1) is 8.78. The quantitative estimate of drug-likeness (QED) is 0.733. The van der Waals surface area contributed by atoms with Gasteiger partial charge in [0.05, 0.1) is 0 Å². The van der Waals surface area contributed by atoms with E-state index in [1.807, 2.05) is 6.07 Å². The van der Waals surface area contributed by atoms with Crippen LogP contribution in [0.1, 0.15) is 44.6 Å². The van der Waals surface area contributed by atoms with Crippen molar-refractivity contribution in [1.29, 1.82) is 0 Å². The highest BCUT2D eigenvalue weighted by Gasteiger charge is 2.22. The van der Waals surface area contributed by atoms with E-state index >= 15 is 0 Å². The van der Waals surface area contributed by atoms with Crippen LogP contribution in [0.25, 0.3) is 0 Å². The van der Waals surface area contributed by atoms with Gasteiger partial charge in [-0.25, -0.2) is 0 Å². The second kappa shape index (κ2) is 7.16. The molecular formula is C16H24ClN. The summed E-state index contributed by atoms with van der Waals surface area (Å²) in [6, 6.07) is 8.89. The predicted molar refractivity (Wildman–Crippen MR) is 79.2 cm³/mol. The second-order valence-electron chi connectivity index (χ2n) is 5.51. The van der Waals surface area contributed by atoms with Gasteiger partial charge < -0.3 is 5.32 Å². The number of halogens is 1. The molecule has 1 aliphatic carbocycles. The van der Waals surface area contributed by atoms with Crippen LogP contribution in [0.3, 0.4) is 0 Å². The molecule has 1 aromatic carbocycles. The number of hydrogen-bond acceptors (Lipinski definition) is 1. The maximum atomic E-state index is 6.05. The third-order valence-corrected chi connectivity index (χ3v) is 3.91. The number of nitrogens with one attached hydrogen (secondary N) is 1. The summed E-state index contributed by atoms with van der Waals surface area (Å²) in [6.07, 6.45) is 7.91. The van der Waals surface area contributed by atoms with Gasteiger partial charge in [-0.3, -0.25) is 0 Å². The largest absolute Gasteiger partial charge is 0.314 e. The van der Waals surface area contributed by atoms with Crippen molar-refractivity contribution in [3.8, 4) is 0 Å². The molecule has 0 radical (unpaired) electrons. The molecule has 1 atom stereocenters. The van der Waals surface area contributed by atoms with E-state index in [9.17, 15) is 0 Å². The molecule has 0 aliphatic heterocycles. The van der Waals surface area contributed by atoms with Crippen LogP contribution in [-0.2, 0) is 6.42 Å². The Balaban J connectivity index is 1.85. The SMILES string of the molecule is CCCNC(CCC1CC1)Cc1cccc(Cl)c1. The molecular weight excluding hydrogens is 242 g/mol. The van der Waals surface area contributed by atoms with Gasteiger partial charge in [-0.2, -0.15) is 0 Å². The normalized spacial score (nSPS) is 16.8. The maximum absolute atomic E-state index is 6.05. The number of hydrogen-bond donors (Lipinski definition) is 1. The lowest BCUT2D eigenvalue weighted by atomic mass is 10.0. The molecule has 18 heavy (non-hydrogen) atoms. The highest BCUT2D eigenvalue weighted by molar-refractivity contribution is 6.30. The maximum Gasteiger partial charge on any atom is 0.0408 e. The van der Waals surface area contributed by atoms with E-state index in [1.54, 1.807) is 0 Å². The third-order valence-electron chi connectivity index (χ3n) is 3.67. The van der Waals surface area contributed by atoms with Gasteiger partial charge in [0.2, 0.25) is 0 Å². The van der Waals surface area contributed by atoms with E-state index in [0.29, 0.717) is 6.04 Å². The van der Waals surface area contributed by atoms with Crippen molar-refractivity contribution in [3.05, 3.63) is 34.9 Å². The van der Waals surface area contributed by atoms with Crippen LogP contribution in [0, 0.1) is 5.92 Å². The lowest BCUT2D eigenvalue weighted by Crippen LogP contribution is -2.31. The van der Waals surface area contributed by atoms with Gasteiger partial charge in [0.1, 0.15) is 0 Å². The topological polar surface area (TPSA) is 12.0 Å². The molecule has 0 aromatic heterocycles. The van der Waals surface area contributed by atoms with Gasteiger partial charge in [-0.05, 0) is 55.8 Å². The molecule has 1 fully saturated rings. The van der Waals surface area contributed by atoms with Crippen LogP contribution in [0.4, 0.5) is 0 Å². The van der Waals surface area contributed by atoms with Crippen molar-refractivity contribution in [2.75, 3.05) is 6.54 Å². The van der Waals surface area contributed by atoms with Crippen LogP contribution in [0.2, 0.25) is 5.02 Å². The Kier molecular flexibility index (Phi) is 5.52. The van der Waals surface area contributed by atoms with E-state index in [-0.39, 0.29) is 0 Å². The summed E-state index contributed by atoms with van der Waals surface area (Å²) >= 11 is 6.05. The minimum absolute atomic E-state index is 0.615. The molecule has 0 amide bonds. The summed E-state index contributed by atoms with van der Waals surface area (Å²) in [6.45, 7) is 3.35. The monoisotopic (exact) mass is 265 g/mol. The summed E-state index contributed by atoms with van der Waals surface area (Å²) in [7, 11) is 0. The molecule has 0 spiro atoms. The van der Waals surface area contributed by atoms with Gasteiger partial charge in [0.15, 0.2) is 0 Å². The minimum Gasteiger partial charge on any atom is -0.314 e. The lowest BCUT2D eigenvalue weighted by Gasteiger charge is -2.18. The molecule has 100 valence electrons. The molecule has 0 heterocycles. The van der Waals surface area contributed by atoms with E-state index in [4.69, 9.17) is 11.6 Å². The Bertz CT molecular complexity index is 360. The first kappa shape index (κ1) is 13.9. The Hall–Kier alpha value is -0.530. The summed E-state index contributed by atoms with van der Waals surface area (Å²) in [4.78, 5) is 0. The Morgan fingerprint density at radius 3 is 2.89 bits per heavy atom. The molecule has 2 rings (SSSR count). The van der Waals surface area contributed by atoms with Gasteiger partial charge in [-0.1, -0.05) is 43.5 Å². The molecule has 1 unspecified atom stereocenters. The summed E-state index contributed by atoms with van der Waals surface area (Å²) < 4.78 is 0. The summed E-state index contributed by atoms with van der Waals surface area (Å²) in [5.74, 6) is 1.02. The number of benzene rings is 1. The van der Waals surface area contributed by atoms with Crippen LogP contribution in [0.5, 0.6) is 0 Å². The number of rotatable bonds is 8. The van der Waals surface area contributed by atoms with Crippen LogP contribution in [-0.4, -0.2) is 12.6 Å². The van der Waals surface area contributed by atoms with Crippen molar-refractivity contribution < 1.29 is 0 Å². The van der Waals surface area contributed by atoms with Gasteiger partial charge in [0.25, 0.3) is 0 Å². The Morgan fingerprint density at radius 2 is 2.22 bits per heavy atom. The molecule has 1 aromatic rings.